The number of sulfonamides is 1. The molecule has 0 spiro atoms. The molecule has 0 unspecified atom stereocenters. The number of likely N-dealkylation sites (tertiary alicyclic amines) is 1. The average Bonchev–Trinajstić information content (AvgIpc) is 3.09. The summed E-state index contributed by atoms with van der Waals surface area (Å²) in [4.78, 5) is 25.9. The van der Waals surface area contributed by atoms with Gasteiger partial charge in [-0.1, -0.05) is 13.0 Å². The molecule has 0 radical (unpaired) electrons. The smallest absolute Gasteiger partial charge is 0.251 e. The summed E-state index contributed by atoms with van der Waals surface area (Å²) in [6.45, 7) is 3.64. The van der Waals surface area contributed by atoms with Crippen LogP contribution < -0.4 is 10.0 Å². The van der Waals surface area contributed by atoms with Crippen LogP contribution in [0.3, 0.4) is 0 Å². The molecule has 0 saturated carbocycles. The first kappa shape index (κ1) is 19.2. The van der Waals surface area contributed by atoms with E-state index in [4.69, 9.17) is 0 Å². The Morgan fingerprint density at radius 2 is 1.92 bits per heavy atom. The van der Waals surface area contributed by atoms with Crippen molar-refractivity contribution in [2.45, 2.75) is 32.6 Å². The molecule has 2 rings (SSSR count). The maximum atomic E-state index is 12.2. The number of rotatable bonds is 8. The minimum Gasteiger partial charge on any atom is -0.352 e. The van der Waals surface area contributed by atoms with Crippen molar-refractivity contribution in [1.29, 1.82) is 0 Å². The summed E-state index contributed by atoms with van der Waals surface area (Å²) in [6.07, 6.45) is 2.87. The first-order valence-electron chi connectivity index (χ1n) is 8.58. The lowest BCUT2D eigenvalue weighted by molar-refractivity contribution is -0.129. The van der Waals surface area contributed by atoms with E-state index in [1.54, 1.807) is 25.1 Å². The van der Waals surface area contributed by atoms with Crippen LogP contribution in [0.1, 0.15) is 43.0 Å². The SMILES string of the molecule is CCCS(=O)(=O)Nc1cccc(C(=O)NCCC(=O)N2CCCC2)c1. The number of hydrogen-bond acceptors (Lipinski definition) is 4. The number of nitrogens with one attached hydrogen (secondary N) is 2. The van der Waals surface area contributed by atoms with Crippen molar-refractivity contribution >= 4 is 27.5 Å². The molecule has 0 aromatic heterocycles. The zero-order valence-electron chi connectivity index (χ0n) is 14.5. The zero-order chi connectivity index (χ0) is 18.3. The monoisotopic (exact) mass is 367 g/mol. The maximum absolute atomic E-state index is 12.2. The Morgan fingerprint density at radius 3 is 2.60 bits per heavy atom. The molecular weight excluding hydrogens is 342 g/mol. The molecule has 1 aromatic carbocycles. The molecule has 1 aromatic rings. The summed E-state index contributed by atoms with van der Waals surface area (Å²) >= 11 is 0. The lowest BCUT2D eigenvalue weighted by atomic mass is 10.2. The summed E-state index contributed by atoms with van der Waals surface area (Å²) < 4.78 is 26.1. The van der Waals surface area contributed by atoms with E-state index in [1.807, 2.05) is 4.90 Å². The molecule has 2 N–H and O–H groups in total. The zero-order valence-corrected chi connectivity index (χ0v) is 15.3. The number of nitrogens with zero attached hydrogens (tertiary/aromatic N) is 1. The fourth-order valence-corrected chi connectivity index (χ4v) is 3.86. The summed E-state index contributed by atoms with van der Waals surface area (Å²) in [6, 6.07) is 6.31. The molecule has 1 fully saturated rings. The molecular formula is C17H25N3O4S. The van der Waals surface area contributed by atoms with Gasteiger partial charge in [0.2, 0.25) is 15.9 Å². The van der Waals surface area contributed by atoms with Gasteiger partial charge >= 0.3 is 0 Å². The number of hydrogen-bond donors (Lipinski definition) is 2. The van der Waals surface area contributed by atoms with Crippen molar-refractivity contribution in [3.8, 4) is 0 Å². The van der Waals surface area contributed by atoms with Crippen molar-refractivity contribution in [1.82, 2.24) is 10.2 Å². The predicted molar refractivity (Wildman–Crippen MR) is 96.9 cm³/mol. The second kappa shape index (κ2) is 8.84. The van der Waals surface area contributed by atoms with Crippen LogP contribution in [0.2, 0.25) is 0 Å². The van der Waals surface area contributed by atoms with Gasteiger partial charge in [-0.2, -0.15) is 0 Å². The molecule has 1 saturated heterocycles. The Kier molecular flexibility index (Phi) is 6.81. The molecule has 138 valence electrons. The number of carbonyl (C=O) groups excluding carboxylic acids is 2. The van der Waals surface area contributed by atoms with E-state index in [2.05, 4.69) is 10.0 Å². The van der Waals surface area contributed by atoms with E-state index < -0.39 is 10.0 Å². The van der Waals surface area contributed by atoms with Crippen LogP contribution in [-0.2, 0) is 14.8 Å². The van der Waals surface area contributed by atoms with E-state index in [0.29, 0.717) is 17.7 Å². The number of amides is 2. The molecule has 0 atom stereocenters. The van der Waals surface area contributed by atoms with Crippen molar-refractivity contribution < 1.29 is 18.0 Å². The highest BCUT2D eigenvalue weighted by molar-refractivity contribution is 7.92. The minimum atomic E-state index is -3.40. The molecule has 1 aliphatic rings. The van der Waals surface area contributed by atoms with Gasteiger partial charge in [0, 0.05) is 37.3 Å². The van der Waals surface area contributed by atoms with Gasteiger partial charge in [0.1, 0.15) is 0 Å². The molecule has 8 heteroatoms. The third-order valence-electron chi connectivity index (χ3n) is 3.95. The van der Waals surface area contributed by atoms with E-state index in [1.165, 1.54) is 6.07 Å². The van der Waals surface area contributed by atoms with E-state index >= 15 is 0 Å². The van der Waals surface area contributed by atoms with Crippen LogP contribution >= 0.6 is 0 Å². The van der Waals surface area contributed by atoms with Crippen molar-refractivity contribution in [2.75, 3.05) is 30.1 Å². The third kappa shape index (κ3) is 6.04. The fraction of sp³-hybridized carbons (Fsp3) is 0.529. The molecule has 1 aliphatic heterocycles. The van der Waals surface area contributed by atoms with Crippen LogP contribution in [0, 0.1) is 0 Å². The first-order chi connectivity index (χ1) is 11.9. The van der Waals surface area contributed by atoms with Crippen LogP contribution in [-0.4, -0.2) is 50.5 Å². The molecule has 25 heavy (non-hydrogen) atoms. The van der Waals surface area contributed by atoms with Crippen molar-refractivity contribution in [3.05, 3.63) is 29.8 Å². The Labute approximate surface area is 148 Å². The van der Waals surface area contributed by atoms with Crippen molar-refractivity contribution in [3.63, 3.8) is 0 Å². The van der Waals surface area contributed by atoms with Gasteiger partial charge in [0.25, 0.3) is 5.91 Å². The predicted octanol–water partition coefficient (Wildman–Crippen LogP) is 1.58. The normalized spacial score (nSPS) is 14.4. The quantitative estimate of drug-likeness (QED) is 0.729. The molecule has 7 nitrogen and oxygen atoms in total. The maximum Gasteiger partial charge on any atom is 0.251 e. The lowest BCUT2D eigenvalue weighted by Crippen LogP contribution is -2.32. The van der Waals surface area contributed by atoms with Crippen LogP contribution in [0.15, 0.2) is 24.3 Å². The molecule has 1 heterocycles. The number of benzene rings is 1. The van der Waals surface area contributed by atoms with E-state index in [-0.39, 0.29) is 30.5 Å². The van der Waals surface area contributed by atoms with Crippen LogP contribution in [0.4, 0.5) is 5.69 Å². The first-order valence-corrected chi connectivity index (χ1v) is 10.2. The number of anilines is 1. The third-order valence-corrected chi connectivity index (χ3v) is 5.45. The van der Waals surface area contributed by atoms with Crippen molar-refractivity contribution in [2.24, 2.45) is 0 Å². The van der Waals surface area contributed by atoms with Gasteiger partial charge in [-0.05, 0) is 37.5 Å². The highest BCUT2D eigenvalue weighted by atomic mass is 32.2. The standard InChI is InChI=1S/C17H25N3O4S/c1-2-12-25(23,24)19-15-7-5-6-14(13-15)17(22)18-9-8-16(21)20-10-3-4-11-20/h5-7,13,19H,2-4,8-12H2,1H3,(H,18,22). The lowest BCUT2D eigenvalue weighted by Gasteiger charge is -2.15. The largest absolute Gasteiger partial charge is 0.352 e. The molecule has 2 amide bonds. The topological polar surface area (TPSA) is 95.6 Å². The second-order valence-corrected chi connectivity index (χ2v) is 7.94. The Bertz CT molecular complexity index is 712. The van der Waals surface area contributed by atoms with E-state index in [9.17, 15) is 18.0 Å². The Hall–Kier alpha value is -2.09. The molecule has 0 bridgehead atoms. The van der Waals surface area contributed by atoms with Gasteiger partial charge in [-0.3, -0.25) is 14.3 Å². The van der Waals surface area contributed by atoms with Gasteiger partial charge in [0.15, 0.2) is 0 Å². The number of carbonyl (C=O) groups is 2. The van der Waals surface area contributed by atoms with Gasteiger partial charge in [-0.25, -0.2) is 8.42 Å². The summed E-state index contributed by atoms with van der Waals surface area (Å²) in [5.74, 6) is -0.244. The Morgan fingerprint density at radius 1 is 1.20 bits per heavy atom. The van der Waals surface area contributed by atoms with Crippen LogP contribution in [0.25, 0.3) is 0 Å². The second-order valence-electron chi connectivity index (χ2n) is 6.10. The van der Waals surface area contributed by atoms with Gasteiger partial charge in [0.05, 0.1) is 5.75 Å². The highest BCUT2D eigenvalue weighted by Gasteiger charge is 2.17. The van der Waals surface area contributed by atoms with Gasteiger partial charge in [-0.15, -0.1) is 0 Å². The summed E-state index contributed by atoms with van der Waals surface area (Å²) in [5, 5.41) is 2.70. The average molecular weight is 367 g/mol. The fourth-order valence-electron chi connectivity index (χ4n) is 2.73. The summed E-state index contributed by atoms with van der Waals surface area (Å²) in [7, 11) is -3.40. The minimum absolute atomic E-state index is 0.0298. The molecule has 0 aliphatic carbocycles. The van der Waals surface area contributed by atoms with Crippen LogP contribution in [0.5, 0.6) is 0 Å². The highest BCUT2D eigenvalue weighted by Crippen LogP contribution is 2.13. The van der Waals surface area contributed by atoms with E-state index in [0.717, 1.165) is 25.9 Å². The Balaban J connectivity index is 1.87. The van der Waals surface area contributed by atoms with Gasteiger partial charge < -0.3 is 10.2 Å². The summed E-state index contributed by atoms with van der Waals surface area (Å²) in [5.41, 5.74) is 0.708.